The fraction of sp³-hybridized carbons (Fsp3) is 0.190. The first-order chi connectivity index (χ1) is 13.1. The van der Waals surface area contributed by atoms with Gasteiger partial charge in [-0.15, -0.1) is 11.3 Å². The molecule has 0 aliphatic carbocycles. The molecule has 27 heavy (non-hydrogen) atoms. The van der Waals surface area contributed by atoms with Gasteiger partial charge in [-0.05, 0) is 55.8 Å². The molecule has 3 rings (SSSR count). The minimum absolute atomic E-state index is 0.170. The van der Waals surface area contributed by atoms with Crippen molar-refractivity contribution in [3.05, 3.63) is 69.8 Å². The van der Waals surface area contributed by atoms with Crippen molar-refractivity contribution in [2.45, 2.75) is 19.9 Å². The van der Waals surface area contributed by atoms with Crippen LogP contribution in [0.15, 0.2) is 64.0 Å². The average Bonchev–Trinajstić information content (AvgIpc) is 3.08. The Morgan fingerprint density at radius 1 is 1.11 bits per heavy atom. The maximum Gasteiger partial charge on any atom is 0.206 e. The van der Waals surface area contributed by atoms with Gasteiger partial charge in [-0.3, -0.25) is 4.99 Å². The van der Waals surface area contributed by atoms with Crippen LogP contribution in [0.4, 0.5) is 0 Å². The molecule has 5 nitrogen and oxygen atoms in total. The lowest BCUT2D eigenvalue weighted by Gasteiger charge is -2.05. The third-order valence-corrected chi connectivity index (χ3v) is 4.63. The van der Waals surface area contributed by atoms with Crippen LogP contribution in [0.2, 0.25) is 0 Å². The van der Waals surface area contributed by atoms with Gasteiger partial charge in [0.15, 0.2) is 0 Å². The van der Waals surface area contributed by atoms with Gasteiger partial charge in [-0.2, -0.15) is 10.4 Å². The number of nitriles is 1. The maximum absolute atomic E-state index is 8.92. The van der Waals surface area contributed by atoms with Crippen molar-refractivity contribution in [2.75, 3.05) is 7.11 Å². The van der Waals surface area contributed by atoms with Crippen LogP contribution in [0.3, 0.4) is 0 Å². The van der Waals surface area contributed by atoms with Gasteiger partial charge in [0.05, 0.1) is 30.7 Å². The first kappa shape index (κ1) is 18.6. The number of hydrogen-bond donors (Lipinski definition) is 0. The average molecular weight is 376 g/mol. The monoisotopic (exact) mass is 376 g/mol. The predicted octanol–water partition coefficient (Wildman–Crippen LogP) is 4.29. The highest BCUT2D eigenvalue weighted by atomic mass is 32.1. The van der Waals surface area contributed by atoms with E-state index in [1.165, 1.54) is 0 Å². The molecular weight excluding hydrogens is 356 g/mol. The van der Waals surface area contributed by atoms with Crippen molar-refractivity contribution in [2.24, 2.45) is 10.1 Å². The van der Waals surface area contributed by atoms with E-state index >= 15 is 0 Å². The largest absolute Gasteiger partial charge is 0.497 e. The summed E-state index contributed by atoms with van der Waals surface area (Å²) in [7, 11) is 1.65. The molecule has 0 saturated heterocycles. The standard InChI is InChI=1S/C21H20N4OS/c1-15(2)24-21-25(23-13-17-6-4-16(12-22)5-7-17)20(14-27-21)18-8-10-19(26-3)11-9-18/h4-11,13-15H,1-3H3. The molecule has 0 aliphatic heterocycles. The quantitative estimate of drug-likeness (QED) is 0.624. The Morgan fingerprint density at radius 3 is 2.41 bits per heavy atom. The first-order valence-corrected chi connectivity index (χ1v) is 9.42. The number of ether oxygens (including phenoxy) is 1. The van der Waals surface area contributed by atoms with Gasteiger partial charge < -0.3 is 4.74 Å². The van der Waals surface area contributed by atoms with E-state index in [4.69, 9.17) is 10.00 Å². The van der Waals surface area contributed by atoms with Gasteiger partial charge in [0.1, 0.15) is 5.75 Å². The smallest absolute Gasteiger partial charge is 0.206 e. The predicted molar refractivity (Wildman–Crippen MR) is 109 cm³/mol. The summed E-state index contributed by atoms with van der Waals surface area (Å²) in [5.41, 5.74) is 3.55. The summed E-state index contributed by atoms with van der Waals surface area (Å²) in [6.07, 6.45) is 1.78. The molecule has 1 heterocycles. The van der Waals surface area contributed by atoms with E-state index in [9.17, 15) is 0 Å². The lowest BCUT2D eigenvalue weighted by Crippen LogP contribution is -2.14. The molecule has 0 fully saturated rings. The molecule has 0 atom stereocenters. The fourth-order valence-electron chi connectivity index (χ4n) is 2.45. The van der Waals surface area contributed by atoms with Crippen LogP contribution in [0.5, 0.6) is 5.75 Å². The van der Waals surface area contributed by atoms with E-state index in [0.717, 1.165) is 27.4 Å². The molecule has 0 spiro atoms. The third-order valence-electron chi connectivity index (χ3n) is 3.80. The molecule has 0 unspecified atom stereocenters. The summed E-state index contributed by atoms with van der Waals surface area (Å²) < 4.78 is 7.09. The normalized spacial score (nSPS) is 11.9. The molecular formula is C21H20N4OS. The minimum atomic E-state index is 0.170. The van der Waals surface area contributed by atoms with E-state index in [1.807, 2.05) is 54.9 Å². The lowest BCUT2D eigenvalue weighted by atomic mass is 10.1. The molecule has 2 aromatic carbocycles. The van der Waals surface area contributed by atoms with E-state index in [-0.39, 0.29) is 6.04 Å². The molecule has 0 aliphatic rings. The summed E-state index contributed by atoms with van der Waals surface area (Å²) in [6, 6.07) is 17.5. The zero-order chi connectivity index (χ0) is 19.2. The van der Waals surface area contributed by atoms with Crippen molar-refractivity contribution in [3.8, 4) is 23.1 Å². The van der Waals surface area contributed by atoms with Crippen LogP contribution >= 0.6 is 11.3 Å². The van der Waals surface area contributed by atoms with E-state index in [1.54, 1.807) is 36.8 Å². The minimum Gasteiger partial charge on any atom is -0.497 e. The van der Waals surface area contributed by atoms with Crippen molar-refractivity contribution in [1.29, 1.82) is 5.26 Å². The Hall–Kier alpha value is -3.17. The van der Waals surface area contributed by atoms with Crippen molar-refractivity contribution >= 4 is 17.6 Å². The maximum atomic E-state index is 8.92. The second-order valence-corrected chi connectivity index (χ2v) is 6.98. The second kappa shape index (κ2) is 8.47. The highest BCUT2D eigenvalue weighted by molar-refractivity contribution is 7.07. The molecule has 0 bridgehead atoms. The number of benzene rings is 2. The Kier molecular flexibility index (Phi) is 5.84. The second-order valence-electron chi connectivity index (χ2n) is 6.15. The SMILES string of the molecule is COc1ccc(-c2csc(=NC(C)C)n2N=Cc2ccc(C#N)cc2)cc1. The zero-order valence-electron chi connectivity index (χ0n) is 15.5. The molecule has 0 amide bonds. The number of thiazole rings is 1. The van der Waals surface area contributed by atoms with Crippen LogP contribution in [-0.2, 0) is 0 Å². The molecule has 3 aromatic rings. The van der Waals surface area contributed by atoms with Crippen LogP contribution in [0, 0.1) is 11.3 Å². The molecule has 136 valence electrons. The van der Waals surface area contributed by atoms with Crippen molar-refractivity contribution in [3.63, 3.8) is 0 Å². The van der Waals surface area contributed by atoms with Crippen LogP contribution < -0.4 is 9.54 Å². The zero-order valence-corrected chi connectivity index (χ0v) is 16.3. The highest BCUT2D eigenvalue weighted by Crippen LogP contribution is 2.23. The third kappa shape index (κ3) is 4.52. The van der Waals surface area contributed by atoms with Gasteiger partial charge in [-0.25, -0.2) is 4.68 Å². The lowest BCUT2D eigenvalue weighted by molar-refractivity contribution is 0.415. The van der Waals surface area contributed by atoms with Crippen molar-refractivity contribution in [1.82, 2.24) is 4.68 Å². The Labute approximate surface area is 162 Å². The molecule has 1 aromatic heterocycles. The number of aromatic nitrogens is 1. The Bertz CT molecular complexity index is 1040. The Balaban J connectivity index is 2.03. The summed E-state index contributed by atoms with van der Waals surface area (Å²) >= 11 is 1.56. The van der Waals surface area contributed by atoms with Gasteiger partial charge in [0, 0.05) is 17.0 Å². The summed E-state index contributed by atoms with van der Waals surface area (Å²) in [5.74, 6) is 0.814. The summed E-state index contributed by atoms with van der Waals surface area (Å²) in [5, 5.41) is 15.6. The van der Waals surface area contributed by atoms with Crippen LogP contribution in [0.25, 0.3) is 11.3 Å². The molecule has 0 radical (unpaired) electrons. The van der Waals surface area contributed by atoms with E-state index in [2.05, 4.69) is 21.5 Å². The van der Waals surface area contributed by atoms with Gasteiger partial charge in [0.25, 0.3) is 0 Å². The van der Waals surface area contributed by atoms with Gasteiger partial charge >= 0.3 is 0 Å². The van der Waals surface area contributed by atoms with E-state index in [0.29, 0.717) is 5.56 Å². The number of hydrogen-bond acceptors (Lipinski definition) is 5. The molecule has 0 saturated carbocycles. The fourth-order valence-corrected chi connectivity index (χ4v) is 3.42. The summed E-state index contributed by atoms with van der Waals surface area (Å²) in [4.78, 5) is 5.51. The molecule has 6 heteroatoms. The van der Waals surface area contributed by atoms with E-state index < -0.39 is 0 Å². The first-order valence-electron chi connectivity index (χ1n) is 8.54. The summed E-state index contributed by atoms with van der Waals surface area (Å²) in [6.45, 7) is 4.09. The van der Waals surface area contributed by atoms with Gasteiger partial charge in [-0.1, -0.05) is 12.1 Å². The van der Waals surface area contributed by atoms with Crippen molar-refractivity contribution < 1.29 is 4.74 Å². The van der Waals surface area contributed by atoms with Crippen LogP contribution in [0.1, 0.15) is 25.0 Å². The number of nitrogens with zero attached hydrogens (tertiary/aromatic N) is 4. The molecule has 0 N–H and O–H groups in total. The van der Waals surface area contributed by atoms with Crippen LogP contribution in [-0.4, -0.2) is 24.0 Å². The highest BCUT2D eigenvalue weighted by Gasteiger charge is 2.08. The topological polar surface area (TPSA) is 62.7 Å². The number of methoxy groups -OCH3 is 1. The van der Waals surface area contributed by atoms with Gasteiger partial charge in [0.2, 0.25) is 4.80 Å². The Morgan fingerprint density at radius 2 is 1.81 bits per heavy atom. The number of rotatable bonds is 5.